The highest BCUT2D eigenvalue weighted by atomic mass is 19.3. The number of hydrogen-bond donors (Lipinski definition) is 1. The number of amides is 2. The summed E-state index contributed by atoms with van der Waals surface area (Å²) in [6, 6.07) is -1.53. The van der Waals surface area contributed by atoms with Gasteiger partial charge in [-0.25, -0.2) is 18.4 Å². The van der Waals surface area contributed by atoms with E-state index < -0.39 is 31.0 Å². The number of hydrogen-bond acceptors (Lipinski definition) is 2. The number of rotatable bonds is 3. The van der Waals surface area contributed by atoms with Crippen molar-refractivity contribution in [2.75, 3.05) is 20.1 Å². The summed E-state index contributed by atoms with van der Waals surface area (Å²) >= 11 is 0. The largest absolute Gasteiger partial charge is 0.480 e. The van der Waals surface area contributed by atoms with Crippen LogP contribution in [-0.2, 0) is 4.79 Å². The Bertz CT molecular complexity index is 286. The molecule has 1 N–H and O–H groups in total. The molecule has 1 heterocycles. The molecule has 1 aliphatic heterocycles. The van der Waals surface area contributed by atoms with Gasteiger partial charge in [0.15, 0.2) is 0 Å². The van der Waals surface area contributed by atoms with Crippen LogP contribution in [0.15, 0.2) is 0 Å². The molecule has 0 radical (unpaired) electrons. The van der Waals surface area contributed by atoms with Crippen LogP contribution in [0.25, 0.3) is 0 Å². The first-order valence-electron chi connectivity index (χ1n) is 4.96. The van der Waals surface area contributed by atoms with E-state index in [1.165, 1.54) is 7.05 Å². The third-order valence-corrected chi connectivity index (χ3v) is 2.52. The van der Waals surface area contributed by atoms with E-state index >= 15 is 0 Å². The summed E-state index contributed by atoms with van der Waals surface area (Å²) in [5.74, 6) is -1.09. The average Bonchev–Trinajstić information content (AvgIpc) is 2.63. The third-order valence-electron chi connectivity index (χ3n) is 2.52. The molecule has 1 fully saturated rings. The van der Waals surface area contributed by atoms with Gasteiger partial charge in [-0.2, -0.15) is 0 Å². The van der Waals surface area contributed by atoms with Gasteiger partial charge in [-0.05, 0) is 12.8 Å². The molecule has 0 unspecified atom stereocenters. The zero-order valence-corrected chi connectivity index (χ0v) is 8.90. The van der Waals surface area contributed by atoms with Gasteiger partial charge in [0, 0.05) is 13.6 Å². The van der Waals surface area contributed by atoms with Crippen LogP contribution >= 0.6 is 0 Å². The molecule has 5 nitrogen and oxygen atoms in total. The summed E-state index contributed by atoms with van der Waals surface area (Å²) in [4.78, 5) is 24.4. The maximum absolute atomic E-state index is 12.1. The van der Waals surface area contributed by atoms with Crippen LogP contribution in [-0.4, -0.2) is 59.5 Å². The molecule has 16 heavy (non-hydrogen) atoms. The van der Waals surface area contributed by atoms with Gasteiger partial charge in [0.05, 0.1) is 6.54 Å². The van der Waals surface area contributed by atoms with E-state index in [0.717, 1.165) is 9.80 Å². The van der Waals surface area contributed by atoms with E-state index in [9.17, 15) is 18.4 Å². The monoisotopic (exact) mass is 236 g/mol. The van der Waals surface area contributed by atoms with Crippen LogP contribution in [0.3, 0.4) is 0 Å². The van der Waals surface area contributed by atoms with Crippen molar-refractivity contribution in [3.8, 4) is 0 Å². The van der Waals surface area contributed by atoms with Gasteiger partial charge in [0.2, 0.25) is 0 Å². The highest BCUT2D eigenvalue weighted by Crippen LogP contribution is 2.19. The molecule has 1 aliphatic rings. The maximum Gasteiger partial charge on any atom is 0.326 e. The van der Waals surface area contributed by atoms with Crippen molar-refractivity contribution in [3.05, 3.63) is 0 Å². The minimum Gasteiger partial charge on any atom is -0.480 e. The lowest BCUT2D eigenvalue weighted by molar-refractivity contribution is -0.141. The van der Waals surface area contributed by atoms with E-state index in [-0.39, 0.29) is 0 Å². The Hall–Kier alpha value is -1.40. The van der Waals surface area contributed by atoms with Gasteiger partial charge < -0.3 is 14.9 Å². The lowest BCUT2D eigenvalue weighted by Gasteiger charge is -2.27. The minimum atomic E-state index is -2.61. The van der Waals surface area contributed by atoms with E-state index in [0.29, 0.717) is 19.4 Å². The number of alkyl halides is 2. The molecule has 0 bridgehead atoms. The molecule has 2 amide bonds. The Kier molecular flexibility index (Phi) is 4.03. The Morgan fingerprint density at radius 1 is 1.56 bits per heavy atom. The molecule has 1 atom stereocenters. The second-order valence-corrected chi connectivity index (χ2v) is 3.74. The molecule has 0 aromatic rings. The minimum absolute atomic E-state index is 0.309. The predicted octanol–water partition coefficient (Wildman–Crippen LogP) is 0.852. The first kappa shape index (κ1) is 12.7. The topological polar surface area (TPSA) is 60.9 Å². The zero-order chi connectivity index (χ0) is 12.3. The Morgan fingerprint density at radius 2 is 2.19 bits per heavy atom. The molecule has 0 aliphatic carbocycles. The van der Waals surface area contributed by atoms with Crippen LogP contribution in [0.2, 0.25) is 0 Å². The number of nitrogens with zero attached hydrogens (tertiary/aromatic N) is 2. The van der Waals surface area contributed by atoms with E-state index in [4.69, 9.17) is 5.11 Å². The van der Waals surface area contributed by atoms with Crippen molar-refractivity contribution in [1.29, 1.82) is 0 Å². The quantitative estimate of drug-likeness (QED) is 0.790. The van der Waals surface area contributed by atoms with Crippen molar-refractivity contribution >= 4 is 12.0 Å². The average molecular weight is 236 g/mol. The number of urea groups is 1. The first-order chi connectivity index (χ1) is 7.43. The molecule has 7 heteroatoms. The molecule has 0 spiro atoms. The normalized spacial score (nSPS) is 20.2. The summed E-state index contributed by atoms with van der Waals surface area (Å²) in [5.41, 5.74) is 0. The number of carboxylic acids is 1. The number of halogens is 2. The van der Waals surface area contributed by atoms with E-state index in [2.05, 4.69) is 0 Å². The first-order valence-corrected chi connectivity index (χ1v) is 4.96. The standard InChI is InChI=1S/C9H14F2N2O3/c1-12(5-7(10)11)9(16)13-4-2-3-6(13)8(14)15/h6-7H,2-5H2,1H3,(H,14,15)/t6-/m0/s1. The fourth-order valence-corrected chi connectivity index (χ4v) is 1.76. The van der Waals surface area contributed by atoms with Crippen molar-refractivity contribution < 1.29 is 23.5 Å². The summed E-state index contributed by atoms with van der Waals surface area (Å²) < 4.78 is 24.1. The number of aliphatic carboxylic acids is 1. The third kappa shape index (κ3) is 2.80. The molecule has 1 rings (SSSR count). The molecule has 0 aromatic heterocycles. The summed E-state index contributed by atoms with van der Waals surface area (Å²) in [5, 5.41) is 8.84. The van der Waals surface area contributed by atoms with Crippen LogP contribution in [0.1, 0.15) is 12.8 Å². The van der Waals surface area contributed by atoms with Gasteiger partial charge in [-0.1, -0.05) is 0 Å². The van der Waals surface area contributed by atoms with Crippen LogP contribution in [0.4, 0.5) is 13.6 Å². The van der Waals surface area contributed by atoms with Gasteiger partial charge in [-0.3, -0.25) is 0 Å². The van der Waals surface area contributed by atoms with Crippen LogP contribution < -0.4 is 0 Å². The Labute approximate surface area is 91.6 Å². The summed E-state index contributed by atoms with van der Waals surface area (Å²) in [7, 11) is 1.24. The maximum atomic E-state index is 12.1. The van der Waals surface area contributed by atoms with Crippen molar-refractivity contribution in [2.24, 2.45) is 0 Å². The predicted molar refractivity (Wildman–Crippen MR) is 51.4 cm³/mol. The smallest absolute Gasteiger partial charge is 0.326 e. The van der Waals surface area contributed by atoms with Gasteiger partial charge in [0.25, 0.3) is 6.43 Å². The number of carboxylic acid groups (broad SMARTS) is 1. The highest BCUT2D eigenvalue weighted by Gasteiger charge is 2.35. The SMILES string of the molecule is CN(CC(F)F)C(=O)N1CCC[C@H]1C(=O)O. The number of carbonyl (C=O) groups excluding carboxylic acids is 1. The molecular weight excluding hydrogens is 222 g/mol. The Balaban J connectivity index is 2.62. The second kappa shape index (κ2) is 5.09. The summed E-state index contributed by atoms with van der Waals surface area (Å²) in [6.07, 6.45) is -1.64. The zero-order valence-electron chi connectivity index (χ0n) is 8.90. The van der Waals surface area contributed by atoms with Gasteiger partial charge in [-0.15, -0.1) is 0 Å². The van der Waals surface area contributed by atoms with E-state index in [1.807, 2.05) is 0 Å². The molecule has 0 saturated carbocycles. The lowest BCUT2D eigenvalue weighted by Crippen LogP contribution is -2.47. The second-order valence-electron chi connectivity index (χ2n) is 3.74. The fraction of sp³-hybridized carbons (Fsp3) is 0.778. The van der Waals surface area contributed by atoms with Crippen LogP contribution in [0, 0.1) is 0 Å². The number of carbonyl (C=O) groups is 2. The van der Waals surface area contributed by atoms with Crippen molar-refractivity contribution in [3.63, 3.8) is 0 Å². The van der Waals surface area contributed by atoms with Crippen LogP contribution in [0.5, 0.6) is 0 Å². The van der Waals surface area contributed by atoms with Crippen molar-refractivity contribution in [2.45, 2.75) is 25.3 Å². The molecule has 1 saturated heterocycles. The highest BCUT2D eigenvalue weighted by molar-refractivity contribution is 5.83. The molecular formula is C9H14F2N2O3. The molecule has 0 aromatic carbocycles. The van der Waals surface area contributed by atoms with Gasteiger partial charge in [0.1, 0.15) is 6.04 Å². The van der Waals surface area contributed by atoms with Crippen molar-refractivity contribution in [1.82, 2.24) is 9.80 Å². The van der Waals surface area contributed by atoms with E-state index in [1.54, 1.807) is 0 Å². The lowest BCUT2D eigenvalue weighted by atomic mass is 10.2. The summed E-state index contributed by atoms with van der Waals surface area (Å²) in [6.45, 7) is -0.370. The van der Waals surface area contributed by atoms with Gasteiger partial charge >= 0.3 is 12.0 Å². The number of likely N-dealkylation sites (tertiary alicyclic amines) is 1. The molecule has 92 valence electrons. The fourth-order valence-electron chi connectivity index (χ4n) is 1.76. The Morgan fingerprint density at radius 3 is 2.69 bits per heavy atom.